The van der Waals surface area contributed by atoms with E-state index >= 15 is 0 Å². The fraction of sp³-hybridized carbons (Fsp3) is 0.600. The van der Waals surface area contributed by atoms with Crippen LogP contribution in [-0.2, 0) is 16.1 Å². The topological polar surface area (TPSA) is 82.2 Å². The highest BCUT2D eigenvalue weighted by molar-refractivity contribution is 5.94. The quantitative estimate of drug-likeness (QED) is 0.788. The molecule has 98 valence electrons. The van der Waals surface area contributed by atoms with E-state index in [0.29, 0.717) is 5.82 Å². The molecule has 0 aliphatic heterocycles. The molecule has 1 heterocycles. The average molecular weight is 263 g/mol. The van der Waals surface area contributed by atoms with Crippen LogP contribution in [0.3, 0.4) is 0 Å². The smallest absolute Gasteiger partial charge is 0.244 e. The maximum atomic E-state index is 11.6. The van der Waals surface area contributed by atoms with Gasteiger partial charge in [-0.1, -0.05) is 6.92 Å². The van der Waals surface area contributed by atoms with Crippen LogP contribution in [0.25, 0.3) is 0 Å². The highest BCUT2D eigenvalue weighted by Crippen LogP contribution is 2.07. The van der Waals surface area contributed by atoms with Crippen molar-refractivity contribution in [3.63, 3.8) is 0 Å². The average Bonchev–Trinajstić information content (AvgIpc) is 2.67. The lowest BCUT2D eigenvalue weighted by Gasteiger charge is -2.12. The van der Waals surface area contributed by atoms with Crippen LogP contribution in [0.2, 0.25) is 0 Å². The number of nitrogens with two attached hydrogens (primary N) is 1. The molecule has 1 amide bonds. The zero-order valence-corrected chi connectivity index (χ0v) is 10.9. The van der Waals surface area contributed by atoms with Gasteiger partial charge in [-0.25, -0.2) is 4.68 Å². The molecular weight excluding hydrogens is 244 g/mol. The van der Waals surface area contributed by atoms with E-state index in [1.807, 2.05) is 6.92 Å². The maximum Gasteiger partial charge on any atom is 0.244 e. The Labute approximate surface area is 107 Å². The van der Waals surface area contributed by atoms with Gasteiger partial charge in [-0.2, -0.15) is 5.10 Å². The largest absolute Gasteiger partial charge is 0.383 e. The number of hydrogen-bond donors (Lipinski definition) is 2. The van der Waals surface area contributed by atoms with Gasteiger partial charge in [-0.3, -0.25) is 4.79 Å². The standard InChI is InChI=1S/C10H18N4O2.ClH/c1-3-6-14-9(4-5-12-14)13-10(15)8(11)7-16-2;/h4-5,8H,3,6-7,11H2,1-2H3,(H,13,15);1H. The Morgan fingerprint density at radius 2 is 2.41 bits per heavy atom. The molecule has 0 aromatic carbocycles. The van der Waals surface area contributed by atoms with E-state index in [4.69, 9.17) is 10.5 Å². The number of nitrogens with one attached hydrogen (secondary N) is 1. The predicted molar refractivity (Wildman–Crippen MR) is 68.2 cm³/mol. The summed E-state index contributed by atoms with van der Waals surface area (Å²) in [5, 5.41) is 6.81. The second-order valence-corrected chi connectivity index (χ2v) is 3.49. The van der Waals surface area contributed by atoms with Gasteiger partial charge in [0, 0.05) is 19.7 Å². The first-order valence-corrected chi connectivity index (χ1v) is 5.26. The summed E-state index contributed by atoms with van der Waals surface area (Å²) in [5.41, 5.74) is 5.60. The summed E-state index contributed by atoms with van der Waals surface area (Å²) in [6, 6.07) is 1.09. The summed E-state index contributed by atoms with van der Waals surface area (Å²) < 4.78 is 6.55. The molecule has 0 bridgehead atoms. The molecule has 0 spiro atoms. The lowest BCUT2D eigenvalue weighted by atomic mass is 10.3. The van der Waals surface area contributed by atoms with Crippen molar-refractivity contribution in [2.24, 2.45) is 5.73 Å². The number of aryl methyl sites for hydroxylation is 1. The van der Waals surface area contributed by atoms with Crippen LogP contribution in [0.5, 0.6) is 0 Å². The molecule has 0 saturated heterocycles. The van der Waals surface area contributed by atoms with Gasteiger partial charge in [0.2, 0.25) is 5.91 Å². The number of nitrogens with zero attached hydrogens (tertiary/aromatic N) is 2. The Kier molecular flexibility index (Phi) is 7.53. The molecule has 0 saturated carbocycles. The van der Waals surface area contributed by atoms with Crippen LogP contribution in [0.1, 0.15) is 13.3 Å². The summed E-state index contributed by atoms with van der Waals surface area (Å²) in [7, 11) is 1.51. The number of rotatable bonds is 6. The van der Waals surface area contributed by atoms with Crippen molar-refractivity contribution in [1.82, 2.24) is 9.78 Å². The predicted octanol–water partition coefficient (Wildman–Crippen LogP) is 0.627. The summed E-state index contributed by atoms with van der Waals surface area (Å²) in [6.45, 7) is 3.01. The van der Waals surface area contributed by atoms with Crippen molar-refractivity contribution < 1.29 is 9.53 Å². The van der Waals surface area contributed by atoms with E-state index in [9.17, 15) is 4.79 Å². The third-order valence-corrected chi connectivity index (χ3v) is 2.09. The minimum atomic E-state index is -0.657. The van der Waals surface area contributed by atoms with Crippen LogP contribution in [-0.4, -0.2) is 35.4 Å². The third-order valence-electron chi connectivity index (χ3n) is 2.09. The van der Waals surface area contributed by atoms with Gasteiger partial charge in [-0.05, 0) is 6.42 Å². The number of amides is 1. The second kappa shape index (κ2) is 8.05. The zero-order valence-electron chi connectivity index (χ0n) is 10.0. The summed E-state index contributed by atoms with van der Waals surface area (Å²) in [5.74, 6) is 0.401. The Balaban J connectivity index is 0.00000256. The van der Waals surface area contributed by atoms with E-state index in [-0.39, 0.29) is 24.9 Å². The number of methoxy groups -OCH3 is 1. The highest BCUT2D eigenvalue weighted by Gasteiger charge is 2.14. The molecule has 0 aliphatic carbocycles. The molecule has 0 radical (unpaired) electrons. The van der Waals surface area contributed by atoms with Crippen molar-refractivity contribution in [1.29, 1.82) is 0 Å². The minimum absolute atomic E-state index is 0. The number of hydrogen-bond acceptors (Lipinski definition) is 4. The fourth-order valence-corrected chi connectivity index (χ4v) is 1.30. The summed E-state index contributed by atoms with van der Waals surface area (Å²) in [6.07, 6.45) is 2.60. The lowest BCUT2D eigenvalue weighted by Crippen LogP contribution is -2.39. The zero-order chi connectivity index (χ0) is 12.0. The van der Waals surface area contributed by atoms with Gasteiger partial charge in [-0.15, -0.1) is 12.4 Å². The molecule has 6 nitrogen and oxygen atoms in total. The molecule has 17 heavy (non-hydrogen) atoms. The normalized spacial score (nSPS) is 11.7. The van der Waals surface area contributed by atoms with E-state index in [0.717, 1.165) is 13.0 Å². The van der Waals surface area contributed by atoms with Crippen LogP contribution < -0.4 is 11.1 Å². The summed E-state index contributed by atoms with van der Waals surface area (Å²) in [4.78, 5) is 11.6. The number of carbonyl (C=O) groups excluding carboxylic acids is 1. The second-order valence-electron chi connectivity index (χ2n) is 3.49. The number of aromatic nitrogens is 2. The molecule has 3 N–H and O–H groups in total. The molecule has 1 unspecified atom stereocenters. The van der Waals surface area contributed by atoms with Gasteiger partial charge in [0.05, 0.1) is 12.8 Å². The Morgan fingerprint density at radius 3 is 3.00 bits per heavy atom. The highest BCUT2D eigenvalue weighted by atomic mass is 35.5. The first-order valence-electron chi connectivity index (χ1n) is 5.26. The monoisotopic (exact) mass is 262 g/mol. The molecular formula is C10H19ClN4O2. The van der Waals surface area contributed by atoms with Gasteiger partial charge in [0.1, 0.15) is 11.9 Å². The first-order chi connectivity index (χ1) is 7.69. The molecule has 1 aromatic heterocycles. The Morgan fingerprint density at radius 1 is 1.71 bits per heavy atom. The molecule has 0 fully saturated rings. The van der Waals surface area contributed by atoms with Gasteiger partial charge >= 0.3 is 0 Å². The fourth-order valence-electron chi connectivity index (χ4n) is 1.30. The number of ether oxygens (including phenoxy) is 1. The van der Waals surface area contributed by atoms with E-state index in [1.165, 1.54) is 7.11 Å². The summed E-state index contributed by atoms with van der Waals surface area (Å²) >= 11 is 0. The van der Waals surface area contributed by atoms with Crippen LogP contribution in [0.15, 0.2) is 12.3 Å². The van der Waals surface area contributed by atoms with Crippen LogP contribution >= 0.6 is 12.4 Å². The molecule has 1 atom stereocenters. The molecule has 7 heteroatoms. The first kappa shape index (κ1) is 15.9. The van der Waals surface area contributed by atoms with E-state index < -0.39 is 6.04 Å². The van der Waals surface area contributed by atoms with Crippen molar-refractivity contribution in [2.45, 2.75) is 25.9 Å². The van der Waals surface area contributed by atoms with E-state index in [2.05, 4.69) is 10.4 Å². The number of anilines is 1. The number of carbonyl (C=O) groups is 1. The van der Waals surface area contributed by atoms with Gasteiger partial charge in [0.15, 0.2) is 0 Å². The van der Waals surface area contributed by atoms with Crippen LogP contribution in [0.4, 0.5) is 5.82 Å². The van der Waals surface area contributed by atoms with Crippen molar-refractivity contribution in [2.75, 3.05) is 19.0 Å². The van der Waals surface area contributed by atoms with Gasteiger partial charge in [0.25, 0.3) is 0 Å². The minimum Gasteiger partial charge on any atom is -0.383 e. The molecule has 0 aliphatic rings. The van der Waals surface area contributed by atoms with Crippen molar-refractivity contribution in [3.05, 3.63) is 12.3 Å². The van der Waals surface area contributed by atoms with Crippen LogP contribution in [0, 0.1) is 0 Å². The third kappa shape index (κ3) is 4.72. The number of halogens is 1. The maximum absolute atomic E-state index is 11.6. The SMILES string of the molecule is CCCn1nccc1NC(=O)C(N)COC.Cl. The van der Waals surface area contributed by atoms with Crippen molar-refractivity contribution in [3.8, 4) is 0 Å². The molecule has 1 aromatic rings. The van der Waals surface area contributed by atoms with Gasteiger partial charge < -0.3 is 15.8 Å². The lowest BCUT2D eigenvalue weighted by molar-refractivity contribution is -0.118. The van der Waals surface area contributed by atoms with E-state index in [1.54, 1.807) is 16.9 Å². The molecule has 1 rings (SSSR count). The Bertz CT molecular complexity index is 343. The Hall–Kier alpha value is -1.11. The van der Waals surface area contributed by atoms with Crippen molar-refractivity contribution >= 4 is 24.1 Å².